The lowest BCUT2D eigenvalue weighted by molar-refractivity contribution is -0.327. The molecule has 1 unspecified atom stereocenters. The number of aliphatic hydroxyl groups excluding tert-OH is 1. The van der Waals surface area contributed by atoms with Crippen molar-refractivity contribution in [3.8, 4) is 0 Å². The van der Waals surface area contributed by atoms with E-state index in [4.69, 9.17) is 14.6 Å². The summed E-state index contributed by atoms with van der Waals surface area (Å²) in [6.07, 6.45) is 3.96. The number of carbonyl (C=O) groups is 2. The minimum atomic E-state index is -2.14. The van der Waals surface area contributed by atoms with Gasteiger partial charge in [-0.2, -0.15) is 0 Å². The number of unbranched alkanes of at least 4 members (excludes halogenated alkanes) is 2. The van der Waals surface area contributed by atoms with Gasteiger partial charge in [0.25, 0.3) is 0 Å². The van der Waals surface area contributed by atoms with Crippen LogP contribution in [0.5, 0.6) is 0 Å². The first kappa shape index (κ1) is 16.9. The Morgan fingerprint density at radius 2 is 1.65 bits per heavy atom. The topological polar surface area (TPSA) is 93.1 Å². The first-order valence-corrected chi connectivity index (χ1v) is 7.25. The number of aliphatic hydroxyl groups is 2. The summed E-state index contributed by atoms with van der Waals surface area (Å²) in [7, 11) is 0. The van der Waals surface area contributed by atoms with Crippen LogP contribution in [0.2, 0.25) is 0 Å². The molecule has 0 aromatic rings. The fourth-order valence-corrected chi connectivity index (χ4v) is 2.08. The van der Waals surface area contributed by atoms with E-state index in [0.29, 0.717) is 25.7 Å². The molecule has 1 fully saturated rings. The number of hydrogen-bond acceptors (Lipinski definition) is 6. The summed E-state index contributed by atoms with van der Waals surface area (Å²) in [5, 5.41) is 19.2. The minimum Gasteiger partial charge on any atom is -0.398 e. The van der Waals surface area contributed by atoms with Crippen molar-refractivity contribution >= 4 is 11.9 Å². The number of carbonyl (C=O) groups excluding carboxylic acids is 2. The van der Waals surface area contributed by atoms with E-state index < -0.39 is 17.9 Å². The fraction of sp³-hybridized carbons (Fsp3) is 0.857. The average molecular weight is 288 g/mol. The van der Waals surface area contributed by atoms with Crippen LogP contribution < -0.4 is 0 Å². The van der Waals surface area contributed by atoms with Gasteiger partial charge >= 0.3 is 17.9 Å². The molecule has 1 aliphatic heterocycles. The van der Waals surface area contributed by atoms with Gasteiger partial charge in [0.15, 0.2) is 0 Å². The Bertz CT molecular complexity index is 306. The Morgan fingerprint density at radius 3 is 2.15 bits per heavy atom. The van der Waals surface area contributed by atoms with E-state index in [9.17, 15) is 14.7 Å². The van der Waals surface area contributed by atoms with Gasteiger partial charge in [0.1, 0.15) is 0 Å². The number of ether oxygens (including phenoxy) is 2. The minimum absolute atomic E-state index is 0.0598. The average Bonchev–Trinajstić information content (AvgIpc) is 2.38. The van der Waals surface area contributed by atoms with E-state index in [1.807, 2.05) is 0 Å². The van der Waals surface area contributed by atoms with Crippen molar-refractivity contribution in [3.05, 3.63) is 0 Å². The Kier molecular flexibility index (Phi) is 6.95. The molecule has 1 rings (SSSR count). The van der Waals surface area contributed by atoms with Gasteiger partial charge in [0.2, 0.25) is 0 Å². The van der Waals surface area contributed by atoms with Gasteiger partial charge in [-0.15, -0.1) is 0 Å². The number of esters is 2. The standard InChI is InChI=1S/C14H24O6/c1-11(15)7-3-2-6-10-14(18)19-12(16)8-4-5-9-13(17)20-14/h11,15,18H,2-10H2,1H3. The smallest absolute Gasteiger partial charge is 0.373 e. The summed E-state index contributed by atoms with van der Waals surface area (Å²) in [4.78, 5) is 23.0. The van der Waals surface area contributed by atoms with Crippen molar-refractivity contribution in [2.24, 2.45) is 0 Å². The molecule has 0 aromatic carbocycles. The Balaban J connectivity index is 2.43. The van der Waals surface area contributed by atoms with Crippen molar-refractivity contribution in [2.45, 2.75) is 76.8 Å². The van der Waals surface area contributed by atoms with Crippen LogP contribution in [-0.2, 0) is 19.1 Å². The Labute approximate surface area is 119 Å². The van der Waals surface area contributed by atoms with Crippen LogP contribution in [-0.4, -0.2) is 34.2 Å². The van der Waals surface area contributed by atoms with Crippen molar-refractivity contribution < 1.29 is 29.3 Å². The maximum atomic E-state index is 11.5. The summed E-state index contributed by atoms with van der Waals surface area (Å²) in [6, 6.07) is 0. The molecule has 1 atom stereocenters. The molecule has 0 aromatic heterocycles. The Morgan fingerprint density at radius 1 is 1.10 bits per heavy atom. The zero-order valence-corrected chi connectivity index (χ0v) is 12.0. The highest BCUT2D eigenvalue weighted by atomic mass is 16.8. The van der Waals surface area contributed by atoms with Crippen LogP contribution in [0.4, 0.5) is 0 Å². The van der Waals surface area contributed by atoms with Crippen LogP contribution >= 0.6 is 0 Å². The zero-order valence-electron chi connectivity index (χ0n) is 12.0. The lowest BCUT2D eigenvalue weighted by atomic mass is 10.1. The number of cyclic esters (lactones) is 2. The predicted octanol–water partition coefficient (Wildman–Crippen LogP) is 1.62. The largest absolute Gasteiger partial charge is 0.398 e. The van der Waals surface area contributed by atoms with Crippen LogP contribution in [0.1, 0.15) is 64.7 Å². The lowest BCUT2D eigenvalue weighted by Gasteiger charge is -2.26. The fourth-order valence-electron chi connectivity index (χ4n) is 2.08. The highest BCUT2D eigenvalue weighted by molar-refractivity contribution is 5.72. The summed E-state index contributed by atoms with van der Waals surface area (Å²) in [5.41, 5.74) is 0. The normalized spacial score (nSPS) is 21.1. The van der Waals surface area contributed by atoms with E-state index in [1.54, 1.807) is 6.92 Å². The third kappa shape index (κ3) is 6.86. The summed E-state index contributed by atoms with van der Waals surface area (Å²) in [6.45, 7) is 1.72. The molecule has 0 bridgehead atoms. The van der Waals surface area contributed by atoms with Gasteiger partial charge in [-0.05, 0) is 32.6 Å². The third-order valence-electron chi connectivity index (χ3n) is 3.17. The van der Waals surface area contributed by atoms with E-state index >= 15 is 0 Å². The number of rotatable bonds is 6. The van der Waals surface area contributed by atoms with Crippen LogP contribution in [0.25, 0.3) is 0 Å². The quantitative estimate of drug-likeness (QED) is 0.570. The molecule has 0 saturated carbocycles. The SMILES string of the molecule is CC(O)CCCCCC1(O)OC(=O)CCCCC(=O)O1. The molecule has 6 nitrogen and oxygen atoms in total. The van der Waals surface area contributed by atoms with Crippen molar-refractivity contribution in [1.82, 2.24) is 0 Å². The van der Waals surface area contributed by atoms with Gasteiger partial charge in [-0.3, -0.25) is 9.59 Å². The van der Waals surface area contributed by atoms with Crippen molar-refractivity contribution in [1.29, 1.82) is 0 Å². The van der Waals surface area contributed by atoms with Crippen LogP contribution in [0.3, 0.4) is 0 Å². The highest BCUT2D eigenvalue weighted by Crippen LogP contribution is 2.23. The molecule has 0 amide bonds. The van der Waals surface area contributed by atoms with Gasteiger partial charge in [-0.25, -0.2) is 0 Å². The third-order valence-corrected chi connectivity index (χ3v) is 3.17. The van der Waals surface area contributed by atoms with Crippen LogP contribution in [0, 0.1) is 0 Å². The summed E-state index contributed by atoms with van der Waals surface area (Å²) in [5.74, 6) is -3.24. The first-order chi connectivity index (χ1) is 9.41. The van der Waals surface area contributed by atoms with Crippen molar-refractivity contribution in [3.63, 3.8) is 0 Å². The van der Waals surface area contributed by atoms with Gasteiger partial charge in [0, 0.05) is 12.8 Å². The zero-order chi connectivity index (χ0) is 15.0. The van der Waals surface area contributed by atoms with Crippen molar-refractivity contribution in [2.75, 3.05) is 0 Å². The molecular formula is C14H24O6. The van der Waals surface area contributed by atoms with Gasteiger partial charge in [-0.1, -0.05) is 12.8 Å². The second kappa shape index (κ2) is 8.21. The predicted molar refractivity (Wildman–Crippen MR) is 70.4 cm³/mol. The molecule has 0 aliphatic carbocycles. The molecular weight excluding hydrogens is 264 g/mol. The molecule has 20 heavy (non-hydrogen) atoms. The molecule has 2 N–H and O–H groups in total. The van der Waals surface area contributed by atoms with E-state index in [1.165, 1.54) is 0 Å². The molecule has 0 spiro atoms. The number of hydrogen-bond donors (Lipinski definition) is 2. The van der Waals surface area contributed by atoms with Gasteiger partial charge < -0.3 is 19.7 Å². The van der Waals surface area contributed by atoms with E-state index in [-0.39, 0.29) is 25.4 Å². The maximum absolute atomic E-state index is 11.5. The van der Waals surface area contributed by atoms with Crippen LogP contribution in [0.15, 0.2) is 0 Å². The molecule has 1 aliphatic rings. The second-order valence-electron chi connectivity index (χ2n) is 5.32. The molecule has 116 valence electrons. The summed E-state index contributed by atoms with van der Waals surface area (Å²) < 4.78 is 9.76. The lowest BCUT2D eigenvalue weighted by Crippen LogP contribution is -2.39. The Hall–Kier alpha value is -1.14. The molecule has 6 heteroatoms. The first-order valence-electron chi connectivity index (χ1n) is 7.25. The molecule has 1 saturated heterocycles. The van der Waals surface area contributed by atoms with Gasteiger partial charge in [0.05, 0.1) is 12.5 Å². The summed E-state index contributed by atoms with van der Waals surface area (Å²) >= 11 is 0. The molecule has 1 heterocycles. The molecule has 0 radical (unpaired) electrons. The van der Waals surface area contributed by atoms with E-state index in [0.717, 1.165) is 12.8 Å². The maximum Gasteiger partial charge on any atom is 0.373 e. The monoisotopic (exact) mass is 288 g/mol. The highest BCUT2D eigenvalue weighted by Gasteiger charge is 2.36. The second-order valence-corrected chi connectivity index (χ2v) is 5.32. The van der Waals surface area contributed by atoms with E-state index in [2.05, 4.69) is 0 Å².